The molecule has 0 amide bonds. The number of oxazole rings is 1. The fourth-order valence-electron chi connectivity index (χ4n) is 1.08. The molecule has 2 aromatic rings. The maximum atomic E-state index is 8.70. The third-order valence-corrected chi connectivity index (χ3v) is 2.91. The van der Waals surface area contributed by atoms with Gasteiger partial charge in [-0.3, -0.25) is 0 Å². The molecule has 0 atom stereocenters. The van der Waals surface area contributed by atoms with Crippen molar-refractivity contribution in [3.8, 4) is 10.8 Å². The molecule has 0 aromatic carbocycles. The van der Waals surface area contributed by atoms with Gasteiger partial charge in [0.25, 0.3) is 0 Å². The Balaban J connectivity index is 2.24. The van der Waals surface area contributed by atoms with E-state index >= 15 is 0 Å². The smallest absolute Gasteiger partial charge is 0.236 e. The second-order valence-corrected chi connectivity index (χ2v) is 4.42. The van der Waals surface area contributed by atoms with Crippen LogP contribution in [0.1, 0.15) is 5.76 Å². The third kappa shape index (κ3) is 1.97. The van der Waals surface area contributed by atoms with E-state index in [9.17, 15) is 0 Å². The van der Waals surface area contributed by atoms with Gasteiger partial charge in [-0.25, -0.2) is 4.98 Å². The predicted molar refractivity (Wildman–Crippen MR) is 55.6 cm³/mol. The number of hydrogen-bond acceptors (Lipinski definition) is 4. The van der Waals surface area contributed by atoms with Crippen molar-refractivity contribution in [2.75, 3.05) is 6.61 Å². The van der Waals surface area contributed by atoms with E-state index in [0.717, 1.165) is 4.88 Å². The van der Waals surface area contributed by atoms with Crippen molar-refractivity contribution in [3.63, 3.8) is 0 Å². The Morgan fingerprint density at radius 2 is 2.36 bits per heavy atom. The molecule has 0 saturated heterocycles. The molecule has 0 unspecified atom stereocenters. The summed E-state index contributed by atoms with van der Waals surface area (Å²) in [6.45, 7) is 0.0693. The molecule has 2 heterocycles. The first-order valence-electron chi connectivity index (χ1n) is 4.11. The molecular formula is C9H8ClNO2S. The van der Waals surface area contributed by atoms with Crippen LogP contribution in [0, 0.1) is 0 Å². The van der Waals surface area contributed by atoms with Gasteiger partial charge in [-0.1, -0.05) is 11.6 Å². The van der Waals surface area contributed by atoms with Gasteiger partial charge in [0.15, 0.2) is 0 Å². The normalized spacial score (nSPS) is 10.7. The van der Waals surface area contributed by atoms with Gasteiger partial charge in [0, 0.05) is 6.42 Å². The fourth-order valence-corrected chi connectivity index (χ4v) is 2.05. The molecule has 0 saturated carbocycles. The lowest BCUT2D eigenvalue weighted by Gasteiger charge is -1.89. The molecule has 0 aliphatic carbocycles. The Kier molecular flexibility index (Phi) is 2.86. The van der Waals surface area contributed by atoms with Crippen LogP contribution < -0.4 is 0 Å². The highest BCUT2D eigenvalue weighted by atomic mass is 35.5. The van der Waals surface area contributed by atoms with Crippen molar-refractivity contribution in [2.24, 2.45) is 0 Å². The Hall–Kier alpha value is -0.840. The summed E-state index contributed by atoms with van der Waals surface area (Å²) in [5, 5.41) is 8.70. The number of hydrogen-bond donors (Lipinski definition) is 1. The van der Waals surface area contributed by atoms with Crippen LogP contribution in [0.25, 0.3) is 10.8 Å². The fraction of sp³-hybridized carbons (Fsp3) is 0.222. The van der Waals surface area contributed by atoms with Gasteiger partial charge in [0.05, 0.1) is 22.0 Å². The van der Waals surface area contributed by atoms with E-state index in [4.69, 9.17) is 21.1 Å². The zero-order valence-electron chi connectivity index (χ0n) is 7.24. The first-order valence-corrected chi connectivity index (χ1v) is 5.30. The zero-order chi connectivity index (χ0) is 9.97. The topological polar surface area (TPSA) is 46.3 Å². The molecule has 5 heteroatoms. The molecule has 0 fully saturated rings. The average Bonchev–Trinajstić information content (AvgIpc) is 2.74. The van der Waals surface area contributed by atoms with E-state index in [1.54, 1.807) is 12.3 Å². The number of thiophene rings is 1. The zero-order valence-corrected chi connectivity index (χ0v) is 8.81. The second kappa shape index (κ2) is 4.13. The third-order valence-electron chi connectivity index (χ3n) is 1.70. The van der Waals surface area contributed by atoms with Crippen LogP contribution in [0.4, 0.5) is 0 Å². The monoisotopic (exact) mass is 229 g/mol. The van der Waals surface area contributed by atoms with Crippen molar-refractivity contribution in [1.29, 1.82) is 0 Å². The highest BCUT2D eigenvalue weighted by Gasteiger charge is 2.08. The van der Waals surface area contributed by atoms with E-state index in [1.807, 2.05) is 6.07 Å². The molecule has 1 N–H and O–H groups in total. The predicted octanol–water partition coefficient (Wildman–Crippen LogP) is 2.59. The summed E-state index contributed by atoms with van der Waals surface area (Å²) in [4.78, 5) is 4.99. The lowest BCUT2D eigenvalue weighted by atomic mass is 10.4. The van der Waals surface area contributed by atoms with Gasteiger partial charge in [-0.2, -0.15) is 0 Å². The summed E-state index contributed by atoms with van der Waals surface area (Å²) >= 11 is 7.21. The van der Waals surface area contributed by atoms with Crippen LogP contribution >= 0.6 is 22.9 Å². The lowest BCUT2D eigenvalue weighted by molar-refractivity contribution is 0.288. The summed E-state index contributed by atoms with van der Waals surface area (Å²) in [5.74, 6) is 1.25. The number of halogens is 1. The molecule has 74 valence electrons. The molecule has 0 aliphatic heterocycles. The first kappa shape index (κ1) is 9.71. The summed E-state index contributed by atoms with van der Waals surface area (Å²) in [7, 11) is 0. The summed E-state index contributed by atoms with van der Waals surface area (Å²) < 4.78 is 6.11. The van der Waals surface area contributed by atoms with Crippen molar-refractivity contribution in [3.05, 3.63) is 28.4 Å². The molecule has 2 rings (SSSR count). The first-order chi connectivity index (χ1) is 6.79. The molecule has 0 radical (unpaired) electrons. The highest BCUT2D eigenvalue weighted by Crippen LogP contribution is 2.30. The van der Waals surface area contributed by atoms with Crippen molar-refractivity contribution in [2.45, 2.75) is 6.42 Å². The van der Waals surface area contributed by atoms with Gasteiger partial charge in [0.1, 0.15) is 5.76 Å². The molecule has 3 nitrogen and oxygen atoms in total. The number of aliphatic hydroxyl groups is 1. The molecular weight excluding hydrogens is 222 g/mol. The quantitative estimate of drug-likeness (QED) is 0.880. The number of nitrogens with zero attached hydrogens (tertiary/aromatic N) is 1. The minimum Gasteiger partial charge on any atom is -0.440 e. The molecule has 0 bridgehead atoms. The SMILES string of the molecule is OCCc1cnc(-c2ccc(Cl)s2)o1. The number of aliphatic hydroxyl groups excluding tert-OH is 1. The van der Waals surface area contributed by atoms with E-state index in [2.05, 4.69) is 4.98 Å². The van der Waals surface area contributed by atoms with Crippen LogP contribution in [-0.2, 0) is 6.42 Å². The summed E-state index contributed by atoms with van der Waals surface area (Å²) in [6, 6.07) is 3.67. The Morgan fingerprint density at radius 3 is 3.00 bits per heavy atom. The Labute approximate surface area is 90.0 Å². The van der Waals surface area contributed by atoms with Crippen molar-refractivity contribution in [1.82, 2.24) is 4.98 Å². The molecule has 14 heavy (non-hydrogen) atoms. The average molecular weight is 230 g/mol. The Morgan fingerprint density at radius 1 is 1.50 bits per heavy atom. The van der Waals surface area contributed by atoms with E-state index in [1.165, 1.54) is 11.3 Å². The molecule has 0 spiro atoms. The van der Waals surface area contributed by atoms with Crippen LogP contribution in [0.15, 0.2) is 22.7 Å². The maximum Gasteiger partial charge on any atom is 0.236 e. The summed E-state index contributed by atoms with van der Waals surface area (Å²) in [5.41, 5.74) is 0. The van der Waals surface area contributed by atoms with E-state index in [0.29, 0.717) is 22.4 Å². The standard InChI is InChI=1S/C9H8ClNO2S/c10-8-2-1-7(14-8)9-11-5-6(13-9)3-4-12/h1-2,5,12H,3-4H2. The van der Waals surface area contributed by atoms with Gasteiger partial charge in [0.2, 0.25) is 5.89 Å². The minimum atomic E-state index is 0.0693. The van der Waals surface area contributed by atoms with Crippen LogP contribution in [-0.4, -0.2) is 16.7 Å². The van der Waals surface area contributed by atoms with Crippen LogP contribution in [0.3, 0.4) is 0 Å². The highest BCUT2D eigenvalue weighted by molar-refractivity contribution is 7.19. The number of rotatable bonds is 3. The molecule has 2 aromatic heterocycles. The molecule has 0 aliphatic rings. The summed E-state index contributed by atoms with van der Waals surface area (Å²) in [6.07, 6.45) is 2.12. The van der Waals surface area contributed by atoms with Gasteiger partial charge in [-0.05, 0) is 12.1 Å². The van der Waals surface area contributed by atoms with E-state index in [-0.39, 0.29) is 6.61 Å². The minimum absolute atomic E-state index is 0.0693. The lowest BCUT2D eigenvalue weighted by Crippen LogP contribution is -1.86. The maximum absolute atomic E-state index is 8.70. The van der Waals surface area contributed by atoms with Crippen molar-refractivity contribution < 1.29 is 9.52 Å². The van der Waals surface area contributed by atoms with E-state index < -0.39 is 0 Å². The Bertz CT molecular complexity index is 424. The van der Waals surface area contributed by atoms with Crippen LogP contribution in [0.5, 0.6) is 0 Å². The van der Waals surface area contributed by atoms with Crippen molar-refractivity contribution >= 4 is 22.9 Å². The van der Waals surface area contributed by atoms with Gasteiger partial charge in [-0.15, -0.1) is 11.3 Å². The van der Waals surface area contributed by atoms with Gasteiger partial charge >= 0.3 is 0 Å². The van der Waals surface area contributed by atoms with Gasteiger partial charge < -0.3 is 9.52 Å². The largest absolute Gasteiger partial charge is 0.440 e. The van der Waals surface area contributed by atoms with Crippen LogP contribution in [0.2, 0.25) is 4.34 Å². The number of aromatic nitrogens is 1. The second-order valence-electron chi connectivity index (χ2n) is 2.71.